The number of rotatable bonds is 6. The van der Waals surface area contributed by atoms with Crippen molar-refractivity contribution in [2.75, 3.05) is 18.9 Å². The number of nitrogens with two attached hydrogens (primary N) is 1. The van der Waals surface area contributed by atoms with Crippen LogP contribution in [-0.2, 0) is 19.5 Å². The summed E-state index contributed by atoms with van der Waals surface area (Å²) >= 11 is 0. The molecule has 1 saturated heterocycles. The van der Waals surface area contributed by atoms with Crippen LogP contribution in [0, 0.1) is 0 Å². The van der Waals surface area contributed by atoms with E-state index in [9.17, 15) is 4.79 Å². The van der Waals surface area contributed by atoms with Crippen LogP contribution in [0.1, 0.15) is 76.6 Å². The smallest absolute Gasteiger partial charge is 0.449 e. The molecule has 0 bridgehead atoms. The standard InChI is InChI=1S/C34H41BN2O4/c1-32(2,3)23-16-17-30(36)22(18-23)19-24(35-40-33(4,5)34(6,7)41-35)20-37-31(38)39-21-29-27-14-10-8-12-25(27)26-13-9-11-15-28(26)29/h8-19,29H,20-21,36H2,1-7H3,(H,37,38). The van der Waals surface area contributed by atoms with Crippen LogP contribution in [0.3, 0.4) is 0 Å². The van der Waals surface area contributed by atoms with Gasteiger partial charge in [-0.3, -0.25) is 0 Å². The summed E-state index contributed by atoms with van der Waals surface area (Å²) < 4.78 is 18.5. The van der Waals surface area contributed by atoms with E-state index in [1.807, 2.05) is 64.1 Å². The van der Waals surface area contributed by atoms with Crippen LogP contribution in [0.4, 0.5) is 10.5 Å². The molecule has 1 aliphatic carbocycles. The quantitative estimate of drug-likeness (QED) is 0.251. The van der Waals surface area contributed by atoms with Gasteiger partial charge < -0.3 is 25.1 Å². The number of anilines is 1. The Labute approximate surface area is 244 Å². The zero-order chi connectivity index (χ0) is 29.6. The van der Waals surface area contributed by atoms with Gasteiger partial charge in [-0.1, -0.05) is 81.4 Å². The molecule has 3 N–H and O–H groups in total. The molecular weight excluding hydrogens is 511 g/mol. The van der Waals surface area contributed by atoms with Crippen molar-refractivity contribution in [2.45, 2.75) is 71.0 Å². The van der Waals surface area contributed by atoms with Crippen molar-refractivity contribution in [1.29, 1.82) is 0 Å². The van der Waals surface area contributed by atoms with Gasteiger partial charge in [-0.05, 0) is 84.1 Å². The number of amides is 1. The van der Waals surface area contributed by atoms with E-state index in [0.29, 0.717) is 5.69 Å². The van der Waals surface area contributed by atoms with E-state index in [1.165, 1.54) is 22.3 Å². The van der Waals surface area contributed by atoms with Crippen molar-refractivity contribution < 1.29 is 18.8 Å². The van der Waals surface area contributed by atoms with Crippen LogP contribution in [0.15, 0.2) is 72.2 Å². The van der Waals surface area contributed by atoms with Gasteiger partial charge in [0.2, 0.25) is 0 Å². The van der Waals surface area contributed by atoms with Gasteiger partial charge >= 0.3 is 13.2 Å². The predicted octanol–water partition coefficient (Wildman–Crippen LogP) is 7.12. The Hall–Kier alpha value is -3.55. The molecule has 7 heteroatoms. The Morgan fingerprint density at radius 2 is 1.51 bits per heavy atom. The summed E-state index contributed by atoms with van der Waals surface area (Å²) in [6, 6.07) is 22.7. The predicted molar refractivity (Wildman–Crippen MR) is 167 cm³/mol. The normalized spacial score (nSPS) is 17.7. The number of carbonyl (C=O) groups excluding carboxylic acids is 1. The number of ether oxygens (including phenoxy) is 1. The molecule has 0 saturated carbocycles. The van der Waals surface area contributed by atoms with Crippen molar-refractivity contribution in [3.05, 3.63) is 94.5 Å². The van der Waals surface area contributed by atoms with Gasteiger partial charge in [-0.25, -0.2) is 4.79 Å². The molecule has 6 nitrogen and oxygen atoms in total. The van der Waals surface area contributed by atoms with E-state index in [1.54, 1.807) is 0 Å². The van der Waals surface area contributed by atoms with E-state index >= 15 is 0 Å². The van der Waals surface area contributed by atoms with Gasteiger partial charge in [0.15, 0.2) is 0 Å². The number of benzene rings is 3. The number of nitrogen functional groups attached to an aromatic ring is 1. The minimum absolute atomic E-state index is 0.00815. The third-order valence-corrected chi connectivity index (χ3v) is 8.63. The minimum Gasteiger partial charge on any atom is -0.449 e. The molecule has 1 fully saturated rings. The topological polar surface area (TPSA) is 82.8 Å². The summed E-state index contributed by atoms with van der Waals surface area (Å²) in [4.78, 5) is 13.0. The highest BCUT2D eigenvalue weighted by Gasteiger charge is 2.52. The monoisotopic (exact) mass is 552 g/mol. The van der Waals surface area contributed by atoms with E-state index in [2.05, 4.69) is 62.5 Å². The molecule has 41 heavy (non-hydrogen) atoms. The largest absolute Gasteiger partial charge is 0.492 e. The number of hydrogen-bond acceptors (Lipinski definition) is 5. The van der Waals surface area contributed by atoms with Gasteiger partial charge in [0.05, 0.1) is 11.2 Å². The van der Waals surface area contributed by atoms with Crippen molar-refractivity contribution in [2.24, 2.45) is 0 Å². The Morgan fingerprint density at radius 3 is 2.07 bits per heavy atom. The van der Waals surface area contributed by atoms with Crippen LogP contribution >= 0.6 is 0 Å². The first-order chi connectivity index (χ1) is 19.3. The zero-order valence-corrected chi connectivity index (χ0v) is 25.2. The Balaban J connectivity index is 1.35. The first-order valence-corrected chi connectivity index (χ1v) is 14.3. The molecule has 0 atom stereocenters. The molecule has 0 radical (unpaired) electrons. The lowest BCUT2D eigenvalue weighted by Gasteiger charge is -2.32. The summed E-state index contributed by atoms with van der Waals surface area (Å²) in [5.74, 6) is -0.00815. The number of alkyl carbamates (subject to hydrolysis) is 1. The molecule has 2 aliphatic rings. The van der Waals surface area contributed by atoms with Gasteiger partial charge in [-0.2, -0.15) is 0 Å². The highest BCUT2D eigenvalue weighted by molar-refractivity contribution is 6.56. The highest BCUT2D eigenvalue weighted by atomic mass is 16.7. The minimum atomic E-state index is -0.647. The summed E-state index contributed by atoms with van der Waals surface area (Å²) in [5.41, 5.74) is 13.5. The number of carbonyl (C=O) groups is 1. The van der Waals surface area contributed by atoms with E-state index in [0.717, 1.165) is 16.6 Å². The summed E-state index contributed by atoms with van der Waals surface area (Å²) in [6.45, 7) is 15.0. The maximum Gasteiger partial charge on any atom is 0.492 e. The zero-order valence-electron chi connectivity index (χ0n) is 25.2. The molecule has 214 valence electrons. The molecule has 1 heterocycles. The average Bonchev–Trinajstić information content (AvgIpc) is 3.34. The fourth-order valence-corrected chi connectivity index (χ4v) is 5.39. The summed E-state index contributed by atoms with van der Waals surface area (Å²) in [6.07, 6.45) is 1.47. The number of fused-ring (bicyclic) bond motifs is 3. The van der Waals surface area contributed by atoms with E-state index in [4.69, 9.17) is 19.8 Å². The molecule has 0 unspecified atom stereocenters. The molecule has 3 aromatic carbocycles. The van der Waals surface area contributed by atoms with Crippen LogP contribution in [-0.4, -0.2) is 37.6 Å². The summed E-state index contributed by atoms with van der Waals surface area (Å²) in [7, 11) is -0.647. The Bertz CT molecular complexity index is 1430. The van der Waals surface area contributed by atoms with Gasteiger partial charge in [0, 0.05) is 18.2 Å². The second-order valence-electron chi connectivity index (χ2n) is 13.1. The third-order valence-electron chi connectivity index (χ3n) is 8.63. The molecule has 0 spiro atoms. The second-order valence-corrected chi connectivity index (χ2v) is 13.1. The number of nitrogens with one attached hydrogen (secondary N) is 1. The van der Waals surface area contributed by atoms with Crippen molar-refractivity contribution in [1.82, 2.24) is 5.32 Å². The third kappa shape index (κ3) is 5.79. The second kappa shape index (κ2) is 10.7. The molecule has 1 aliphatic heterocycles. The molecule has 3 aromatic rings. The lowest BCUT2D eigenvalue weighted by atomic mass is 9.76. The van der Waals surface area contributed by atoms with Crippen LogP contribution in [0.25, 0.3) is 17.2 Å². The first kappa shape index (κ1) is 29.0. The molecular formula is C34H41BN2O4. The molecule has 1 amide bonds. The van der Waals surface area contributed by atoms with Crippen molar-refractivity contribution >= 4 is 25.0 Å². The van der Waals surface area contributed by atoms with Gasteiger partial charge in [-0.15, -0.1) is 0 Å². The first-order valence-electron chi connectivity index (χ1n) is 14.3. The SMILES string of the molecule is CC(C)(C)c1ccc(N)c(C=C(CNC(=O)OCC2c3ccccc3-c3ccccc32)B2OC(C)(C)C(C)(C)O2)c1. The average molecular weight is 553 g/mol. The fraction of sp³-hybridized carbons (Fsp3) is 0.382. The van der Waals surface area contributed by atoms with Gasteiger partial charge in [0.1, 0.15) is 6.61 Å². The van der Waals surface area contributed by atoms with E-state index in [-0.39, 0.29) is 24.5 Å². The summed E-state index contributed by atoms with van der Waals surface area (Å²) in [5, 5.41) is 2.94. The van der Waals surface area contributed by atoms with E-state index < -0.39 is 24.4 Å². The molecule has 0 aromatic heterocycles. The fourth-order valence-electron chi connectivity index (χ4n) is 5.39. The lowest BCUT2D eigenvalue weighted by molar-refractivity contribution is 0.00578. The Morgan fingerprint density at radius 1 is 0.951 bits per heavy atom. The number of hydrogen-bond donors (Lipinski definition) is 2. The van der Waals surface area contributed by atoms with Crippen LogP contribution in [0.5, 0.6) is 0 Å². The van der Waals surface area contributed by atoms with Crippen molar-refractivity contribution in [3.63, 3.8) is 0 Å². The van der Waals surface area contributed by atoms with Crippen LogP contribution < -0.4 is 11.1 Å². The van der Waals surface area contributed by atoms with Crippen molar-refractivity contribution in [3.8, 4) is 11.1 Å². The maximum atomic E-state index is 13.0. The van der Waals surface area contributed by atoms with Crippen LogP contribution in [0.2, 0.25) is 0 Å². The Kier molecular flexibility index (Phi) is 7.56. The van der Waals surface area contributed by atoms with Gasteiger partial charge in [0.25, 0.3) is 0 Å². The lowest BCUT2D eigenvalue weighted by Crippen LogP contribution is -2.41. The highest BCUT2D eigenvalue weighted by Crippen LogP contribution is 2.44. The maximum absolute atomic E-state index is 13.0. The molecule has 5 rings (SSSR count).